The first kappa shape index (κ1) is 11.7. The monoisotopic (exact) mass is 277 g/mol. The lowest BCUT2D eigenvalue weighted by Crippen LogP contribution is -2.12. The van der Waals surface area contributed by atoms with Crippen LogP contribution in [-0.2, 0) is 13.1 Å². The molecule has 3 nitrogen and oxygen atoms in total. The molecule has 92 valence electrons. The highest BCUT2D eigenvalue weighted by Gasteiger charge is 2.02. The maximum Gasteiger partial charge on any atom is 0.193 e. The van der Waals surface area contributed by atoms with Crippen molar-refractivity contribution in [3.8, 4) is 0 Å². The van der Waals surface area contributed by atoms with E-state index in [-0.39, 0.29) is 0 Å². The summed E-state index contributed by atoms with van der Waals surface area (Å²) >= 11 is 7.58. The minimum absolute atomic E-state index is 0.765. The van der Waals surface area contributed by atoms with E-state index in [2.05, 4.69) is 22.6 Å². The molecule has 0 spiro atoms. The summed E-state index contributed by atoms with van der Waals surface area (Å²) in [6, 6.07) is 7.88. The maximum atomic E-state index is 5.94. The Morgan fingerprint density at radius 1 is 1.33 bits per heavy atom. The van der Waals surface area contributed by atoms with E-state index < -0.39 is 0 Å². The highest BCUT2D eigenvalue weighted by atomic mass is 35.5. The Labute approximate surface area is 114 Å². The molecule has 0 bridgehead atoms. The van der Waals surface area contributed by atoms with Crippen molar-refractivity contribution in [3.05, 3.63) is 58.3 Å². The van der Waals surface area contributed by atoms with Crippen molar-refractivity contribution in [2.24, 2.45) is 0 Å². The van der Waals surface area contributed by atoms with Crippen LogP contribution in [0.2, 0.25) is 5.02 Å². The predicted molar refractivity (Wildman–Crippen MR) is 75.1 cm³/mol. The third-order valence-electron chi connectivity index (χ3n) is 2.67. The average Bonchev–Trinajstić information content (AvgIpc) is 2.89. The zero-order valence-electron chi connectivity index (χ0n) is 9.64. The molecule has 0 aliphatic carbocycles. The van der Waals surface area contributed by atoms with Crippen molar-refractivity contribution in [2.75, 3.05) is 0 Å². The van der Waals surface area contributed by atoms with Gasteiger partial charge in [0.25, 0.3) is 0 Å². The average molecular weight is 278 g/mol. The van der Waals surface area contributed by atoms with Gasteiger partial charge in [-0.2, -0.15) is 0 Å². The number of benzene rings is 1. The summed E-state index contributed by atoms with van der Waals surface area (Å²) in [6.07, 6.45) is 4.07. The van der Waals surface area contributed by atoms with E-state index in [1.807, 2.05) is 34.2 Å². The maximum absolute atomic E-state index is 5.94. The number of nitrogens with one attached hydrogen (secondary N) is 1. The molecule has 1 N–H and O–H groups in total. The van der Waals surface area contributed by atoms with Crippen LogP contribution in [0, 0.1) is 0 Å². The molecule has 3 aromatic rings. The van der Waals surface area contributed by atoms with Gasteiger partial charge in [-0.25, -0.2) is 4.98 Å². The fourth-order valence-electron chi connectivity index (χ4n) is 1.84. The van der Waals surface area contributed by atoms with Gasteiger partial charge in [-0.1, -0.05) is 23.7 Å². The molecule has 0 saturated carbocycles. The zero-order valence-corrected chi connectivity index (χ0v) is 11.2. The molecule has 0 fully saturated rings. The summed E-state index contributed by atoms with van der Waals surface area (Å²) in [5, 5.41) is 6.17. The standard InChI is InChI=1S/C13H12ClN3S/c14-11-3-1-2-10(6-11)7-15-8-12-9-17-4-5-18-13(17)16-12/h1-6,9,15H,7-8H2. The number of fused-ring (bicyclic) bond motifs is 1. The Balaban J connectivity index is 1.60. The van der Waals surface area contributed by atoms with Crippen LogP contribution < -0.4 is 5.32 Å². The van der Waals surface area contributed by atoms with Gasteiger partial charge in [0, 0.05) is 35.9 Å². The number of thiazole rings is 1. The van der Waals surface area contributed by atoms with Gasteiger partial charge < -0.3 is 5.32 Å². The van der Waals surface area contributed by atoms with Crippen molar-refractivity contribution < 1.29 is 0 Å². The lowest BCUT2D eigenvalue weighted by molar-refractivity contribution is 0.683. The molecular formula is C13H12ClN3S. The van der Waals surface area contributed by atoms with E-state index in [9.17, 15) is 0 Å². The Bertz CT molecular complexity index is 630. The molecule has 0 atom stereocenters. The van der Waals surface area contributed by atoms with Crippen LogP contribution in [0.25, 0.3) is 4.96 Å². The molecule has 0 amide bonds. The van der Waals surface area contributed by atoms with Gasteiger partial charge >= 0.3 is 0 Å². The summed E-state index contributed by atoms with van der Waals surface area (Å²) in [5.74, 6) is 0. The molecule has 3 rings (SSSR count). The molecule has 0 aliphatic heterocycles. The van der Waals surface area contributed by atoms with Gasteiger partial charge in [0.2, 0.25) is 0 Å². The third kappa shape index (κ3) is 2.56. The predicted octanol–water partition coefficient (Wildman–Crippen LogP) is 3.34. The van der Waals surface area contributed by atoms with Gasteiger partial charge in [0.05, 0.1) is 5.69 Å². The van der Waals surface area contributed by atoms with E-state index in [0.717, 1.165) is 28.8 Å². The first-order valence-electron chi connectivity index (χ1n) is 5.67. The van der Waals surface area contributed by atoms with E-state index in [1.54, 1.807) is 11.3 Å². The lowest BCUT2D eigenvalue weighted by Gasteiger charge is -2.03. The Kier molecular flexibility index (Phi) is 3.32. The Morgan fingerprint density at radius 3 is 3.11 bits per heavy atom. The van der Waals surface area contributed by atoms with Crippen LogP contribution in [0.4, 0.5) is 0 Å². The Morgan fingerprint density at radius 2 is 2.28 bits per heavy atom. The minimum atomic E-state index is 0.765. The summed E-state index contributed by atoms with van der Waals surface area (Å²) < 4.78 is 2.04. The summed E-state index contributed by atoms with van der Waals surface area (Å²) in [6.45, 7) is 1.56. The number of hydrogen-bond acceptors (Lipinski definition) is 3. The molecule has 2 aromatic heterocycles. The van der Waals surface area contributed by atoms with Crippen LogP contribution in [0.1, 0.15) is 11.3 Å². The number of nitrogens with zero attached hydrogens (tertiary/aromatic N) is 2. The second-order valence-corrected chi connectivity index (χ2v) is 5.37. The summed E-state index contributed by atoms with van der Waals surface area (Å²) in [7, 11) is 0. The van der Waals surface area contributed by atoms with Gasteiger partial charge in [0.1, 0.15) is 0 Å². The van der Waals surface area contributed by atoms with Crippen molar-refractivity contribution in [1.82, 2.24) is 14.7 Å². The molecule has 2 heterocycles. The third-order valence-corrected chi connectivity index (χ3v) is 3.67. The van der Waals surface area contributed by atoms with Crippen molar-refractivity contribution in [2.45, 2.75) is 13.1 Å². The Hall–Kier alpha value is -1.36. The second kappa shape index (κ2) is 5.10. The van der Waals surface area contributed by atoms with Gasteiger partial charge in [-0.15, -0.1) is 11.3 Å². The highest BCUT2D eigenvalue weighted by molar-refractivity contribution is 7.15. The van der Waals surface area contributed by atoms with Crippen molar-refractivity contribution in [1.29, 1.82) is 0 Å². The highest BCUT2D eigenvalue weighted by Crippen LogP contribution is 2.12. The first-order chi connectivity index (χ1) is 8.81. The summed E-state index contributed by atoms with van der Waals surface area (Å²) in [4.78, 5) is 5.55. The molecule has 0 aliphatic rings. The van der Waals surface area contributed by atoms with E-state index >= 15 is 0 Å². The zero-order chi connectivity index (χ0) is 12.4. The fourth-order valence-corrected chi connectivity index (χ4v) is 2.77. The second-order valence-electron chi connectivity index (χ2n) is 4.06. The molecule has 1 aromatic carbocycles. The van der Waals surface area contributed by atoms with Crippen LogP contribution in [0.15, 0.2) is 42.0 Å². The molecule has 0 radical (unpaired) electrons. The van der Waals surface area contributed by atoms with Gasteiger partial charge in [-0.3, -0.25) is 4.40 Å². The number of rotatable bonds is 4. The largest absolute Gasteiger partial charge is 0.307 e. The number of halogens is 1. The topological polar surface area (TPSA) is 29.3 Å². The van der Waals surface area contributed by atoms with E-state index in [0.29, 0.717) is 0 Å². The number of imidazole rings is 1. The van der Waals surface area contributed by atoms with Crippen LogP contribution in [-0.4, -0.2) is 9.38 Å². The SMILES string of the molecule is Clc1cccc(CNCc2cn3ccsc3n2)c1. The molecule has 0 saturated heterocycles. The van der Waals surface area contributed by atoms with Crippen molar-refractivity contribution >= 4 is 27.9 Å². The van der Waals surface area contributed by atoms with Crippen LogP contribution in [0.3, 0.4) is 0 Å². The van der Waals surface area contributed by atoms with Gasteiger partial charge in [0.15, 0.2) is 4.96 Å². The number of aromatic nitrogens is 2. The fraction of sp³-hybridized carbons (Fsp3) is 0.154. The molecule has 18 heavy (non-hydrogen) atoms. The normalized spacial score (nSPS) is 11.2. The summed E-state index contributed by atoms with van der Waals surface area (Å²) in [5.41, 5.74) is 2.24. The van der Waals surface area contributed by atoms with Crippen LogP contribution in [0.5, 0.6) is 0 Å². The quantitative estimate of drug-likeness (QED) is 0.792. The van der Waals surface area contributed by atoms with E-state index in [1.165, 1.54) is 5.56 Å². The molecule has 5 heteroatoms. The molecular weight excluding hydrogens is 266 g/mol. The molecule has 0 unspecified atom stereocenters. The minimum Gasteiger partial charge on any atom is -0.307 e. The lowest BCUT2D eigenvalue weighted by atomic mass is 10.2. The van der Waals surface area contributed by atoms with Gasteiger partial charge in [-0.05, 0) is 17.7 Å². The smallest absolute Gasteiger partial charge is 0.193 e. The first-order valence-corrected chi connectivity index (χ1v) is 6.93. The number of hydrogen-bond donors (Lipinski definition) is 1. The van der Waals surface area contributed by atoms with Crippen molar-refractivity contribution in [3.63, 3.8) is 0 Å². The van der Waals surface area contributed by atoms with Crippen LogP contribution >= 0.6 is 22.9 Å². The van der Waals surface area contributed by atoms with E-state index in [4.69, 9.17) is 11.6 Å².